The Hall–Kier alpha value is -1.46. The number of amides is 1. The van der Waals surface area contributed by atoms with Crippen molar-refractivity contribution in [2.45, 2.75) is 13.3 Å². The fraction of sp³-hybridized carbons (Fsp3) is 0.462. The number of rotatable bonds is 7. The van der Waals surface area contributed by atoms with Crippen LogP contribution in [0.4, 0.5) is 0 Å². The number of hydrogen-bond donors (Lipinski definition) is 2. The van der Waals surface area contributed by atoms with Crippen LogP contribution in [0.15, 0.2) is 18.2 Å². The lowest BCUT2D eigenvalue weighted by molar-refractivity contribution is 0.0953. The predicted molar refractivity (Wildman–Crippen MR) is 77.4 cm³/mol. The first kappa shape index (κ1) is 17.5. The van der Waals surface area contributed by atoms with Gasteiger partial charge in [0.1, 0.15) is 0 Å². The second-order valence-corrected chi connectivity index (χ2v) is 3.70. The van der Waals surface area contributed by atoms with Crippen LogP contribution in [0, 0.1) is 0 Å². The van der Waals surface area contributed by atoms with Gasteiger partial charge in [-0.05, 0) is 38.1 Å². The van der Waals surface area contributed by atoms with Crippen LogP contribution in [0.1, 0.15) is 23.7 Å². The molecule has 0 aromatic heterocycles. The summed E-state index contributed by atoms with van der Waals surface area (Å²) < 4.78 is 10.6. The van der Waals surface area contributed by atoms with Gasteiger partial charge in [0.15, 0.2) is 11.5 Å². The molecular weight excluding hydrogens is 268 g/mol. The zero-order valence-electron chi connectivity index (χ0n) is 11.3. The Labute approximate surface area is 119 Å². The summed E-state index contributed by atoms with van der Waals surface area (Å²) in [5.74, 6) is 1.06. The minimum absolute atomic E-state index is 0. The molecule has 0 aliphatic rings. The van der Waals surface area contributed by atoms with Crippen molar-refractivity contribution in [3.63, 3.8) is 0 Å². The normalized spacial score (nSPS) is 9.42. The second kappa shape index (κ2) is 9.47. The van der Waals surface area contributed by atoms with E-state index in [1.165, 1.54) is 0 Å². The van der Waals surface area contributed by atoms with Crippen molar-refractivity contribution in [1.29, 1.82) is 0 Å². The fourth-order valence-electron chi connectivity index (χ4n) is 1.49. The van der Waals surface area contributed by atoms with E-state index in [0.717, 1.165) is 6.42 Å². The Kier molecular flexibility index (Phi) is 8.74. The van der Waals surface area contributed by atoms with Crippen molar-refractivity contribution >= 4 is 18.3 Å². The lowest BCUT2D eigenvalue weighted by atomic mass is 10.2. The third-order valence-corrected chi connectivity index (χ3v) is 2.39. The van der Waals surface area contributed by atoms with Crippen LogP contribution in [0.2, 0.25) is 0 Å². The molecule has 0 fully saturated rings. The van der Waals surface area contributed by atoms with Gasteiger partial charge < -0.3 is 20.5 Å². The molecule has 0 spiro atoms. The number of carbonyl (C=O) groups excluding carboxylic acids is 1. The Morgan fingerprint density at radius 1 is 1.37 bits per heavy atom. The van der Waals surface area contributed by atoms with Gasteiger partial charge in [0.25, 0.3) is 5.91 Å². The maximum atomic E-state index is 11.8. The lowest BCUT2D eigenvalue weighted by Crippen LogP contribution is -2.25. The molecule has 0 radical (unpaired) electrons. The number of nitrogens with two attached hydrogens (primary N) is 1. The van der Waals surface area contributed by atoms with E-state index in [4.69, 9.17) is 15.2 Å². The standard InChI is InChI=1S/C13H20N2O3.ClH/c1-3-18-11-6-5-10(9-12(11)17-2)13(16)15-8-4-7-14;/h5-6,9H,3-4,7-8,14H2,1-2H3,(H,15,16);1H. The van der Waals surface area contributed by atoms with E-state index in [9.17, 15) is 4.79 Å². The third kappa shape index (κ3) is 5.36. The van der Waals surface area contributed by atoms with Crippen LogP contribution < -0.4 is 20.5 Å². The molecule has 0 saturated heterocycles. The summed E-state index contributed by atoms with van der Waals surface area (Å²) in [6.45, 7) is 3.59. The van der Waals surface area contributed by atoms with Crippen molar-refractivity contribution in [2.24, 2.45) is 5.73 Å². The second-order valence-electron chi connectivity index (χ2n) is 3.70. The van der Waals surface area contributed by atoms with Crippen molar-refractivity contribution < 1.29 is 14.3 Å². The van der Waals surface area contributed by atoms with Gasteiger partial charge in [-0.25, -0.2) is 0 Å². The maximum Gasteiger partial charge on any atom is 0.251 e. The zero-order chi connectivity index (χ0) is 13.4. The molecular formula is C13H21ClN2O3. The lowest BCUT2D eigenvalue weighted by Gasteiger charge is -2.11. The molecule has 0 saturated carbocycles. The van der Waals surface area contributed by atoms with Gasteiger partial charge in [-0.15, -0.1) is 12.4 Å². The SMILES string of the molecule is CCOc1ccc(C(=O)NCCCN)cc1OC.Cl. The van der Waals surface area contributed by atoms with E-state index >= 15 is 0 Å². The topological polar surface area (TPSA) is 73.6 Å². The molecule has 1 rings (SSSR count). The van der Waals surface area contributed by atoms with Gasteiger partial charge in [-0.1, -0.05) is 0 Å². The van der Waals surface area contributed by atoms with Gasteiger partial charge in [-0.2, -0.15) is 0 Å². The summed E-state index contributed by atoms with van der Waals surface area (Å²) in [5, 5.41) is 2.79. The van der Waals surface area contributed by atoms with Crippen LogP contribution in [0.5, 0.6) is 11.5 Å². The predicted octanol–water partition coefficient (Wildman–Crippen LogP) is 1.59. The molecule has 6 heteroatoms. The Morgan fingerprint density at radius 2 is 2.11 bits per heavy atom. The Morgan fingerprint density at radius 3 is 2.68 bits per heavy atom. The summed E-state index contributed by atoms with van der Waals surface area (Å²) in [4.78, 5) is 11.8. The number of carbonyl (C=O) groups is 1. The zero-order valence-corrected chi connectivity index (χ0v) is 12.1. The Bertz CT molecular complexity index is 399. The van der Waals surface area contributed by atoms with Gasteiger partial charge in [-0.3, -0.25) is 4.79 Å². The van der Waals surface area contributed by atoms with Crippen LogP contribution >= 0.6 is 12.4 Å². The third-order valence-electron chi connectivity index (χ3n) is 2.39. The van der Waals surface area contributed by atoms with Gasteiger partial charge in [0.2, 0.25) is 0 Å². The van der Waals surface area contributed by atoms with Gasteiger partial charge in [0, 0.05) is 12.1 Å². The number of hydrogen-bond acceptors (Lipinski definition) is 4. The number of nitrogens with one attached hydrogen (secondary N) is 1. The fourth-order valence-corrected chi connectivity index (χ4v) is 1.49. The highest BCUT2D eigenvalue weighted by Crippen LogP contribution is 2.27. The molecule has 0 unspecified atom stereocenters. The summed E-state index contributed by atoms with van der Waals surface area (Å²) in [7, 11) is 1.55. The monoisotopic (exact) mass is 288 g/mol. The quantitative estimate of drug-likeness (QED) is 0.748. The largest absolute Gasteiger partial charge is 0.493 e. The number of methoxy groups -OCH3 is 1. The molecule has 1 aromatic carbocycles. The van der Waals surface area contributed by atoms with Crippen LogP contribution in [0.25, 0.3) is 0 Å². The maximum absolute atomic E-state index is 11.8. The van der Waals surface area contributed by atoms with Crippen molar-refractivity contribution in [3.05, 3.63) is 23.8 Å². The molecule has 108 valence electrons. The molecule has 1 amide bonds. The minimum Gasteiger partial charge on any atom is -0.493 e. The summed E-state index contributed by atoms with van der Waals surface area (Å²) in [6.07, 6.45) is 0.764. The number of ether oxygens (including phenoxy) is 2. The molecule has 0 heterocycles. The first-order valence-electron chi connectivity index (χ1n) is 6.02. The van der Waals surface area contributed by atoms with Crippen LogP contribution in [-0.2, 0) is 0 Å². The smallest absolute Gasteiger partial charge is 0.251 e. The number of halogens is 1. The average Bonchev–Trinajstić information content (AvgIpc) is 2.39. The van der Waals surface area contributed by atoms with E-state index in [1.54, 1.807) is 25.3 Å². The first-order chi connectivity index (χ1) is 8.72. The van der Waals surface area contributed by atoms with E-state index in [2.05, 4.69) is 5.32 Å². The highest BCUT2D eigenvalue weighted by atomic mass is 35.5. The first-order valence-corrected chi connectivity index (χ1v) is 6.02. The summed E-state index contributed by atoms with van der Waals surface area (Å²) in [6, 6.07) is 5.12. The molecule has 19 heavy (non-hydrogen) atoms. The molecule has 1 aromatic rings. The summed E-state index contributed by atoms with van der Waals surface area (Å²) >= 11 is 0. The van der Waals surface area contributed by atoms with Crippen molar-refractivity contribution in [3.8, 4) is 11.5 Å². The van der Waals surface area contributed by atoms with E-state index in [1.807, 2.05) is 6.92 Å². The van der Waals surface area contributed by atoms with Crippen LogP contribution in [-0.4, -0.2) is 32.7 Å². The molecule has 0 atom stereocenters. The highest BCUT2D eigenvalue weighted by molar-refractivity contribution is 5.94. The Balaban J connectivity index is 0.00000324. The summed E-state index contributed by atoms with van der Waals surface area (Å²) in [5.41, 5.74) is 5.91. The van der Waals surface area contributed by atoms with E-state index < -0.39 is 0 Å². The van der Waals surface area contributed by atoms with E-state index in [-0.39, 0.29) is 18.3 Å². The highest BCUT2D eigenvalue weighted by Gasteiger charge is 2.10. The molecule has 0 aliphatic carbocycles. The molecule has 5 nitrogen and oxygen atoms in total. The van der Waals surface area contributed by atoms with Gasteiger partial charge >= 0.3 is 0 Å². The van der Waals surface area contributed by atoms with Crippen LogP contribution in [0.3, 0.4) is 0 Å². The minimum atomic E-state index is -0.134. The van der Waals surface area contributed by atoms with Crippen molar-refractivity contribution in [1.82, 2.24) is 5.32 Å². The van der Waals surface area contributed by atoms with E-state index in [0.29, 0.717) is 36.8 Å². The van der Waals surface area contributed by atoms with Gasteiger partial charge in [0.05, 0.1) is 13.7 Å². The molecule has 3 N–H and O–H groups in total. The average molecular weight is 289 g/mol. The number of benzene rings is 1. The van der Waals surface area contributed by atoms with Crippen molar-refractivity contribution in [2.75, 3.05) is 26.8 Å². The molecule has 0 bridgehead atoms. The molecule has 0 aliphatic heterocycles.